The number of hydrogen-bond acceptors (Lipinski definition) is 3. The lowest BCUT2D eigenvalue weighted by Crippen LogP contribution is -2.26. The summed E-state index contributed by atoms with van der Waals surface area (Å²) in [5.74, 6) is 0.0517. The van der Waals surface area contributed by atoms with Crippen LogP contribution in [0.15, 0.2) is 5.10 Å². The van der Waals surface area contributed by atoms with E-state index in [2.05, 4.69) is 17.5 Å². The van der Waals surface area contributed by atoms with E-state index in [0.717, 1.165) is 19.4 Å². The van der Waals surface area contributed by atoms with E-state index < -0.39 is 0 Å². The summed E-state index contributed by atoms with van der Waals surface area (Å²) in [7, 11) is 1.80. The summed E-state index contributed by atoms with van der Waals surface area (Å²) in [5, 5.41) is 4.10. The van der Waals surface area contributed by atoms with Crippen LogP contribution in [0.25, 0.3) is 0 Å². The largest absolute Gasteiger partial charge is 0.340 e. The number of nitrogens with zero attached hydrogens (tertiary/aromatic N) is 2. The van der Waals surface area contributed by atoms with Crippen LogP contribution in [0.3, 0.4) is 0 Å². The fraction of sp³-hybridized carbons (Fsp3) is 0.778. The summed E-state index contributed by atoms with van der Waals surface area (Å²) in [4.78, 5) is 13.1. The molecule has 0 saturated carbocycles. The number of carbonyl (C=O) groups excluding carboxylic acids is 1. The van der Waals surface area contributed by atoms with Crippen LogP contribution in [-0.2, 0) is 4.79 Å². The van der Waals surface area contributed by atoms with Crippen molar-refractivity contribution in [2.45, 2.75) is 32.7 Å². The Hall–Kier alpha value is -1.06. The average Bonchev–Trinajstić information content (AvgIpc) is 2.44. The molecule has 0 aromatic carbocycles. The van der Waals surface area contributed by atoms with Crippen molar-refractivity contribution in [2.24, 2.45) is 5.10 Å². The van der Waals surface area contributed by atoms with Crippen molar-refractivity contribution in [3.05, 3.63) is 0 Å². The zero-order valence-corrected chi connectivity index (χ0v) is 8.50. The molecule has 1 atom stereocenters. The Morgan fingerprint density at radius 3 is 2.85 bits per heavy atom. The van der Waals surface area contributed by atoms with Crippen LogP contribution in [-0.4, -0.2) is 36.2 Å². The maximum absolute atomic E-state index is 11.4. The van der Waals surface area contributed by atoms with Gasteiger partial charge in [0.15, 0.2) is 0 Å². The third kappa shape index (κ3) is 2.44. The molecule has 1 saturated heterocycles. The molecule has 1 rings (SSSR count). The van der Waals surface area contributed by atoms with Crippen LogP contribution in [0.5, 0.6) is 0 Å². The lowest BCUT2D eigenvalue weighted by atomic mass is 10.3. The molecule has 4 nitrogen and oxygen atoms in total. The van der Waals surface area contributed by atoms with Gasteiger partial charge in [-0.15, -0.1) is 0 Å². The summed E-state index contributed by atoms with van der Waals surface area (Å²) in [6, 6.07) is 0.339. The van der Waals surface area contributed by atoms with Crippen LogP contribution in [0.4, 0.5) is 0 Å². The van der Waals surface area contributed by atoms with Crippen molar-refractivity contribution >= 4 is 11.6 Å². The van der Waals surface area contributed by atoms with E-state index in [9.17, 15) is 4.79 Å². The number of carbonyl (C=O) groups is 1. The summed E-state index contributed by atoms with van der Waals surface area (Å²) in [6.45, 7) is 4.92. The highest BCUT2D eigenvalue weighted by atomic mass is 16.2. The molecule has 13 heavy (non-hydrogen) atoms. The first kappa shape index (κ1) is 10.0. The summed E-state index contributed by atoms with van der Waals surface area (Å²) >= 11 is 0. The molecule has 4 heteroatoms. The highest BCUT2D eigenvalue weighted by Gasteiger charge is 2.24. The molecular formula is C9H17N3O. The monoisotopic (exact) mass is 183 g/mol. The van der Waals surface area contributed by atoms with Gasteiger partial charge in [-0.05, 0) is 13.3 Å². The Kier molecular flexibility index (Phi) is 3.28. The zero-order valence-electron chi connectivity index (χ0n) is 8.50. The molecule has 0 spiro atoms. The van der Waals surface area contributed by atoms with E-state index in [4.69, 9.17) is 0 Å². The lowest BCUT2D eigenvalue weighted by Gasteiger charge is -2.08. The first-order valence-electron chi connectivity index (χ1n) is 4.72. The first-order valence-corrected chi connectivity index (χ1v) is 4.72. The van der Waals surface area contributed by atoms with Crippen molar-refractivity contribution in [1.29, 1.82) is 0 Å². The standard InChI is InChI=1S/C9H17N3O/c1-4-7(2)10-11-8-5-6-12(3)9(8)13/h7,10H,4-6H2,1-3H3/b11-8-. The van der Waals surface area contributed by atoms with E-state index >= 15 is 0 Å². The number of rotatable bonds is 3. The van der Waals surface area contributed by atoms with E-state index in [1.54, 1.807) is 11.9 Å². The molecule has 0 bridgehead atoms. The summed E-state index contributed by atoms with van der Waals surface area (Å²) < 4.78 is 0. The quantitative estimate of drug-likeness (QED) is 0.651. The summed E-state index contributed by atoms with van der Waals surface area (Å²) in [5.41, 5.74) is 3.62. The zero-order chi connectivity index (χ0) is 9.84. The van der Waals surface area contributed by atoms with Gasteiger partial charge in [-0.2, -0.15) is 5.10 Å². The first-order chi connectivity index (χ1) is 6.15. The SMILES string of the molecule is CCC(C)N/N=C1/CCN(C)C1=O. The number of nitrogens with one attached hydrogen (secondary N) is 1. The Labute approximate surface area is 79.0 Å². The molecule has 1 fully saturated rings. The molecule has 0 radical (unpaired) electrons. The van der Waals surface area contributed by atoms with Crippen LogP contribution in [0.2, 0.25) is 0 Å². The average molecular weight is 183 g/mol. The Morgan fingerprint density at radius 2 is 2.38 bits per heavy atom. The fourth-order valence-corrected chi connectivity index (χ4v) is 1.09. The second-order valence-electron chi connectivity index (χ2n) is 3.47. The molecule has 1 amide bonds. The van der Waals surface area contributed by atoms with Gasteiger partial charge < -0.3 is 10.3 Å². The van der Waals surface area contributed by atoms with E-state index in [1.807, 2.05) is 6.92 Å². The highest BCUT2D eigenvalue weighted by molar-refractivity contribution is 6.40. The minimum atomic E-state index is 0.0517. The van der Waals surface area contributed by atoms with Crippen LogP contribution < -0.4 is 5.43 Å². The number of amides is 1. The second kappa shape index (κ2) is 4.25. The molecule has 1 N–H and O–H groups in total. The van der Waals surface area contributed by atoms with Gasteiger partial charge in [0.1, 0.15) is 5.71 Å². The van der Waals surface area contributed by atoms with Gasteiger partial charge in [-0.1, -0.05) is 6.92 Å². The second-order valence-corrected chi connectivity index (χ2v) is 3.47. The Balaban J connectivity index is 2.48. The fourth-order valence-electron chi connectivity index (χ4n) is 1.09. The van der Waals surface area contributed by atoms with Gasteiger partial charge in [-0.3, -0.25) is 4.79 Å². The summed E-state index contributed by atoms with van der Waals surface area (Å²) in [6.07, 6.45) is 1.78. The number of hydrazone groups is 1. The molecule has 0 aromatic heterocycles. The molecule has 1 unspecified atom stereocenters. The van der Waals surface area contributed by atoms with Crippen molar-refractivity contribution in [3.63, 3.8) is 0 Å². The molecule has 0 aliphatic carbocycles. The molecule has 1 aliphatic rings. The predicted molar refractivity (Wildman–Crippen MR) is 52.6 cm³/mol. The van der Waals surface area contributed by atoms with Crippen molar-refractivity contribution in [1.82, 2.24) is 10.3 Å². The van der Waals surface area contributed by atoms with Crippen LogP contribution in [0.1, 0.15) is 26.7 Å². The van der Waals surface area contributed by atoms with Gasteiger partial charge in [0, 0.05) is 26.1 Å². The van der Waals surface area contributed by atoms with Gasteiger partial charge in [0.25, 0.3) is 5.91 Å². The molecule has 1 aliphatic heterocycles. The molecule has 0 aromatic rings. The van der Waals surface area contributed by atoms with E-state index in [-0.39, 0.29) is 5.91 Å². The lowest BCUT2D eigenvalue weighted by molar-refractivity contribution is -0.121. The maximum Gasteiger partial charge on any atom is 0.269 e. The van der Waals surface area contributed by atoms with Crippen molar-refractivity contribution in [2.75, 3.05) is 13.6 Å². The minimum absolute atomic E-state index is 0.0517. The topological polar surface area (TPSA) is 44.7 Å². The van der Waals surface area contributed by atoms with Crippen LogP contribution in [0, 0.1) is 0 Å². The van der Waals surface area contributed by atoms with Gasteiger partial charge in [0.05, 0.1) is 0 Å². The molecular weight excluding hydrogens is 166 g/mol. The van der Waals surface area contributed by atoms with E-state index in [1.165, 1.54) is 0 Å². The smallest absolute Gasteiger partial charge is 0.269 e. The number of hydrogen-bond donors (Lipinski definition) is 1. The van der Waals surface area contributed by atoms with Crippen LogP contribution >= 0.6 is 0 Å². The Morgan fingerprint density at radius 1 is 1.69 bits per heavy atom. The molecule has 74 valence electrons. The maximum atomic E-state index is 11.4. The Bertz CT molecular complexity index is 225. The van der Waals surface area contributed by atoms with E-state index in [0.29, 0.717) is 11.8 Å². The third-order valence-electron chi connectivity index (χ3n) is 2.31. The predicted octanol–water partition coefficient (Wildman–Crippen LogP) is 0.593. The molecule has 1 heterocycles. The normalized spacial score (nSPS) is 22.5. The minimum Gasteiger partial charge on any atom is -0.340 e. The highest BCUT2D eigenvalue weighted by Crippen LogP contribution is 2.04. The van der Waals surface area contributed by atoms with Crippen molar-refractivity contribution < 1.29 is 4.79 Å². The number of likely N-dealkylation sites (tertiary alicyclic amines) is 1. The third-order valence-corrected chi connectivity index (χ3v) is 2.31. The van der Waals surface area contributed by atoms with Gasteiger partial charge in [0.2, 0.25) is 0 Å². The van der Waals surface area contributed by atoms with Gasteiger partial charge in [-0.25, -0.2) is 0 Å². The van der Waals surface area contributed by atoms with Crippen molar-refractivity contribution in [3.8, 4) is 0 Å². The van der Waals surface area contributed by atoms with Gasteiger partial charge >= 0.3 is 0 Å².